The normalized spacial score (nSPS) is 23.5. The number of carbonyl (C=O) groups excluding carboxylic acids is 2. The number of carbonyl (C=O) groups is 2. The molecule has 0 radical (unpaired) electrons. The van der Waals surface area contributed by atoms with E-state index in [9.17, 15) is 9.59 Å². The molecule has 0 aromatic carbocycles. The lowest BCUT2D eigenvalue weighted by Crippen LogP contribution is -2.55. The fraction of sp³-hybridized carbons (Fsp3) is 0.650. The fourth-order valence-corrected chi connectivity index (χ4v) is 4.15. The first-order chi connectivity index (χ1) is 12.6. The molecule has 2 saturated heterocycles. The zero-order valence-electron chi connectivity index (χ0n) is 15.7. The number of rotatable bonds is 6. The highest BCUT2D eigenvalue weighted by molar-refractivity contribution is 5.78. The third-order valence-corrected chi connectivity index (χ3v) is 5.51. The largest absolute Gasteiger partial charge is 0.381 e. The zero-order chi connectivity index (χ0) is 18.4. The van der Waals surface area contributed by atoms with Crippen LogP contribution in [0.3, 0.4) is 0 Å². The van der Waals surface area contributed by atoms with Gasteiger partial charge in [-0.25, -0.2) is 0 Å². The van der Waals surface area contributed by atoms with Gasteiger partial charge < -0.3 is 14.5 Å². The Hall–Kier alpha value is -1.95. The maximum Gasteiger partial charge on any atom is 0.224 e. The highest BCUT2D eigenvalue weighted by Gasteiger charge is 2.42. The first-order valence-corrected chi connectivity index (χ1v) is 9.65. The van der Waals surface area contributed by atoms with Crippen LogP contribution < -0.4 is 0 Å². The number of nitrogens with zero attached hydrogens (tertiary/aromatic N) is 3. The molecule has 1 aromatic heterocycles. The Morgan fingerprint density at radius 2 is 2.19 bits per heavy atom. The van der Waals surface area contributed by atoms with Crippen molar-refractivity contribution in [2.45, 2.75) is 45.6 Å². The molecule has 2 amide bonds. The second kappa shape index (κ2) is 8.62. The maximum atomic E-state index is 12.5. The molecule has 1 aromatic rings. The van der Waals surface area contributed by atoms with Crippen LogP contribution in [0.25, 0.3) is 0 Å². The number of ether oxygens (including phenoxy) is 1. The smallest absolute Gasteiger partial charge is 0.224 e. The van der Waals surface area contributed by atoms with E-state index in [1.165, 1.54) is 0 Å². The Labute approximate surface area is 155 Å². The van der Waals surface area contributed by atoms with Gasteiger partial charge >= 0.3 is 0 Å². The van der Waals surface area contributed by atoms with E-state index < -0.39 is 0 Å². The van der Waals surface area contributed by atoms with Crippen molar-refractivity contribution in [1.82, 2.24) is 14.8 Å². The number of pyridine rings is 1. The molecule has 2 aliphatic rings. The summed E-state index contributed by atoms with van der Waals surface area (Å²) in [6.07, 6.45) is 5.73. The SMILES string of the molecule is CCOCCC(=O)N1CCCC2(CCC(=O)N(Cc3ccccn3)C2)C1. The summed E-state index contributed by atoms with van der Waals surface area (Å²) in [7, 11) is 0. The molecular weight excluding hydrogens is 330 g/mol. The second-order valence-electron chi connectivity index (χ2n) is 7.44. The van der Waals surface area contributed by atoms with Gasteiger partial charge in [-0.2, -0.15) is 0 Å². The Morgan fingerprint density at radius 3 is 2.96 bits per heavy atom. The highest BCUT2D eigenvalue weighted by atomic mass is 16.5. The molecule has 1 unspecified atom stereocenters. The van der Waals surface area contributed by atoms with Crippen LogP contribution in [0.2, 0.25) is 0 Å². The summed E-state index contributed by atoms with van der Waals surface area (Å²) in [5, 5.41) is 0. The van der Waals surface area contributed by atoms with Gasteiger partial charge in [0.2, 0.25) is 11.8 Å². The molecule has 0 N–H and O–H groups in total. The summed E-state index contributed by atoms with van der Waals surface area (Å²) in [5.41, 5.74) is 0.945. The number of piperidine rings is 2. The molecule has 3 heterocycles. The van der Waals surface area contributed by atoms with Gasteiger partial charge in [-0.15, -0.1) is 0 Å². The number of amides is 2. The summed E-state index contributed by atoms with van der Waals surface area (Å²) in [4.78, 5) is 33.2. The van der Waals surface area contributed by atoms with Crippen molar-refractivity contribution in [3.63, 3.8) is 0 Å². The Balaban J connectivity index is 1.62. The topological polar surface area (TPSA) is 62.7 Å². The van der Waals surface area contributed by atoms with Crippen molar-refractivity contribution >= 4 is 11.8 Å². The van der Waals surface area contributed by atoms with E-state index in [0.717, 1.165) is 44.6 Å². The first kappa shape index (κ1) is 18.8. The van der Waals surface area contributed by atoms with Gasteiger partial charge in [0.05, 0.1) is 25.3 Å². The third-order valence-electron chi connectivity index (χ3n) is 5.51. The quantitative estimate of drug-likeness (QED) is 0.731. The van der Waals surface area contributed by atoms with Gasteiger partial charge in [-0.1, -0.05) is 6.07 Å². The van der Waals surface area contributed by atoms with Crippen LogP contribution in [0.15, 0.2) is 24.4 Å². The van der Waals surface area contributed by atoms with Gasteiger partial charge in [0.15, 0.2) is 0 Å². The highest BCUT2D eigenvalue weighted by Crippen LogP contribution is 2.39. The van der Waals surface area contributed by atoms with E-state index in [4.69, 9.17) is 4.74 Å². The molecule has 0 aliphatic carbocycles. The maximum absolute atomic E-state index is 12.5. The molecule has 2 fully saturated rings. The van der Waals surface area contributed by atoms with Crippen LogP contribution in [0, 0.1) is 5.41 Å². The van der Waals surface area contributed by atoms with Gasteiger partial charge in [0, 0.05) is 44.3 Å². The molecule has 3 rings (SSSR count). The first-order valence-electron chi connectivity index (χ1n) is 9.65. The molecule has 26 heavy (non-hydrogen) atoms. The molecule has 6 heteroatoms. The second-order valence-corrected chi connectivity index (χ2v) is 7.44. The van der Waals surface area contributed by atoms with Crippen molar-refractivity contribution in [2.75, 3.05) is 32.8 Å². The van der Waals surface area contributed by atoms with Crippen LogP contribution in [-0.2, 0) is 20.9 Å². The molecule has 1 atom stereocenters. The monoisotopic (exact) mass is 359 g/mol. The molecule has 0 bridgehead atoms. The molecule has 1 spiro atoms. The van der Waals surface area contributed by atoms with E-state index in [2.05, 4.69) is 4.98 Å². The van der Waals surface area contributed by atoms with Crippen molar-refractivity contribution in [2.24, 2.45) is 5.41 Å². The minimum atomic E-state index is 0.0300. The molecular formula is C20H29N3O3. The minimum absolute atomic E-state index is 0.0300. The van der Waals surface area contributed by atoms with E-state index in [1.54, 1.807) is 6.20 Å². The Morgan fingerprint density at radius 1 is 1.31 bits per heavy atom. The van der Waals surface area contributed by atoms with E-state index >= 15 is 0 Å². The zero-order valence-corrected chi connectivity index (χ0v) is 15.7. The van der Waals surface area contributed by atoms with Crippen LogP contribution in [0.4, 0.5) is 0 Å². The van der Waals surface area contributed by atoms with E-state index in [-0.39, 0.29) is 17.2 Å². The molecule has 6 nitrogen and oxygen atoms in total. The predicted molar refractivity (Wildman–Crippen MR) is 98.2 cm³/mol. The number of aromatic nitrogens is 1. The van der Waals surface area contributed by atoms with Crippen LogP contribution in [0.5, 0.6) is 0 Å². The number of hydrogen-bond donors (Lipinski definition) is 0. The summed E-state index contributed by atoms with van der Waals surface area (Å²) in [5.74, 6) is 0.367. The minimum Gasteiger partial charge on any atom is -0.381 e. The lowest BCUT2D eigenvalue weighted by molar-refractivity contribution is -0.144. The van der Waals surface area contributed by atoms with Crippen molar-refractivity contribution in [3.05, 3.63) is 30.1 Å². The van der Waals surface area contributed by atoms with E-state index in [1.807, 2.05) is 34.9 Å². The average Bonchev–Trinajstić information content (AvgIpc) is 2.66. The fourth-order valence-electron chi connectivity index (χ4n) is 4.15. The molecule has 2 aliphatic heterocycles. The predicted octanol–water partition coefficient (Wildman–Crippen LogP) is 2.24. The van der Waals surface area contributed by atoms with Crippen molar-refractivity contribution in [1.29, 1.82) is 0 Å². The average molecular weight is 359 g/mol. The summed E-state index contributed by atoms with van der Waals surface area (Å²) < 4.78 is 5.32. The van der Waals surface area contributed by atoms with Crippen LogP contribution >= 0.6 is 0 Å². The standard InChI is InChI=1S/C20H29N3O3/c1-2-26-13-8-19(25)22-12-5-9-20(15-22)10-7-18(24)23(16-20)14-17-6-3-4-11-21-17/h3-4,6,11H,2,5,7-10,12-16H2,1H3. The van der Waals surface area contributed by atoms with Crippen LogP contribution in [-0.4, -0.2) is 59.4 Å². The lowest BCUT2D eigenvalue weighted by Gasteiger charge is -2.48. The molecule has 142 valence electrons. The van der Waals surface area contributed by atoms with Gasteiger partial charge in [-0.3, -0.25) is 14.6 Å². The molecule has 0 saturated carbocycles. The third kappa shape index (κ3) is 4.61. The van der Waals surface area contributed by atoms with Crippen molar-refractivity contribution < 1.29 is 14.3 Å². The summed E-state index contributed by atoms with van der Waals surface area (Å²) in [6.45, 7) is 5.92. The van der Waals surface area contributed by atoms with Gasteiger partial charge in [-0.05, 0) is 38.3 Å². The Bertz CT molecular complexity index is 622. The van der Waals surface area contributed by atoms with Crippen molar-refractivity contribution in [3.8, 4) is 0 Å². The lowest BCUT2D eigenvalue weighted by atomic mass is 9.73. The summed E-state index contributed by atoms with van der Waals surface area (Å²) >= 11 is 0. The number of hydrogen-bond acceptors (Lipinski definition) is 4. The number of likely N-dealkylation sites (tertiary alicyclic amines) is 2. The summed E-state index contributed by atoms with van der Waals surface area (Å²) in [6, 6.07) is 5.79. The van der Waals surface area contributed by atoms with Gasteiger partial charge in [0.1, 0.15) is 0 Å². The van der Waals surface area contributed by atoms with Gasteiger partial charge in [0.25, 0.3) is 0 Å². The Kier molecular flexibility index (Phi) is 6.25. The van der Waals surface area contributed by atoms with E-state index in [0.29, 0.717) is 32.6 Å². The van der Waals surface area contributed by atoms with Crippen LogP contribution in [0.1, 0.15) is 44.7 Å².